The van der Waals surface area contributed by atoms with Gasteiger partial charge in [0.25, 0.3) is 0 Å². The molecule has 1 aromatic carbocycles. The molecule has 0 radical (unpaired) electrons. The zero-order chi connectivity index (χ0) is 19.0. The number of nitrogens with zero attached hydrogens (tertiary/aromatic N) is 3. The van der Waals surface area contributed by atoms with Crippen molar-refractivity contribution in [2.75, 3.05) is 13.7 Å². The van der Waals surface area contributed by atoms with Gasteiger partial charge in [0.1, 0.15) is 0 Å². The second kappa shape index (κ2) is 7.31. The van der Waals surface area contributed by atoms with Crippen LogP contribution in [0.1, 0.15) is 42.3 Å². The molecular weight excluding hydrogens is 344 g/mol. The molecule has 2 aromatic rings. The third kappa shape index (κ3) is 3.56. The number of carbonyl (C=O) groups excluding carboxylic acids is 1. The monoisotopic (exact) mass is 370 g/mol. The van der Waals surface area contributed by atoms with E-state index in [1.807, 2.05) is 29.2 Å². The molecule has 1 aliphatic carbocycles. The number of benzene rings is 1. The highest BCUT2D eigenvalue weighted by atomic mass is 16.5. The molecule has 2 unspecified atom stereocenters. The quantitative estimate of drug-likeness (QED) is 0.841. The Labute approximate surface area is 158 Å². The predicted molar refractivity (Wildman–Crippen MR) is 100.0 cm³/mol. The van der Waals surface area contributed by atoms with Crippen LogP contribution in [-0.2, 0) is 29.6 Å². The van der Waals surface area contributed by atoms with Gasteiger partial charge in [0.15, 0.2) is 5.82 Å². The second-order valence-electron chi connectivity index (χ2n) is 7.70. The Morgan fingerprint density at radius 2 is 2.07 bits per heavy atom. The summed E-state index contributed by atoms with van der Waals surface area (Å²) in [6.45, 7) is 1.26. The number of amides is 1. The molecule has 2 fully saturated rings. The summed E-state index contributed by atoms with van der Waals surface area (Å²) in [5.41, 5.74) is 1.82. The molecule has 2 atom stereocenters. The molecule has 1 saturated heterocycles. The lowest BCUT2D eigenvalue weighted by molar-refractivity contribution is -0.132. The van der Waals surface area contributed by atoms with E-state index in [-0.39, 0.29) is 17.6 Å². The summed E-state index contributed by atoms with van der Waals surface area (Å²) in [7, 11) is 3.39. The van der Waals surface area contributed by atoms with Crippen LogP contribution in [0.5, 0.6) is 0 Å². The summed E-state index contributed by atoms with van der Waals surface area (Å²) >= 11 is 0. The number of ether oxygens (including phenoxy) is 1. The van der Waals surface area contributed by atoms with Gasteiger partial charge in [-0.15, -0.1) is 0 Å². The van der Waals surface area contributed by atoms with E-state index in [0.717, 1.165) is 24.1 Å². The zero-order valence-electron chi connectivity index (χ0n) is 15.9. The number of H-pyrrole nitrogens is 1. The van der Waals surface area contributed by atoms with Crippen LogP contribution in [0.15, 0.2) is 29.1 Å². The SMILES string of the molecule is COCc1cccc(CC(=O)N2CCC(C3CC3)C2c2n[nH]c(=O)n2C)c1. The molecule has 7 heteroatoms. The van der Waals surface area contributed by atoms with Crippen molar-refractivity contribution in [1.82, 2.24) is 19.7 Å². The highest BCUT2D eigenvalue weighted by Gasteiger charge is 2.47. The zero-order valence-corrected chi connectivity index (χ0v) is 15.9. The Bertz CT molecular complexity index is 883. The van der Waals surface area contributed by atoms with Crippen molar-refractivity contribution in [1.29, 1.82) is 0 Å². The number of rotatable bonds is 6. The molecule has 4 rings (SSSR count). The summed E-state index contributed by atoms with van der Waals surface area (Å²) in [6.07, 6.45) is 3.75. The molecule has 2 heterocycles. The smallest absolute Gasteiger partial charge is 0.343 e. The van der Waals surface area contributed by atoms with Gasteiger partial charge >= 0.3 is 5.69 Å². The first-order chi connectivity index (χ1) is 13.1. The lowest BCUT2D eigenvalue weighted by Crippen LogP contribution is -2.35. The number of hydrogen-bond donors (Lipinski definition) is 1. The van der Waals surface area contributed by atoms with Gasteiger partial charge < -0.3 is 9.64 Å². The number of aromatic amines is 1. The summed E-state index contributed by atoms with van der Waals surface area (Å²) < 4.78 is 6.73. The van der Waals surface area contributed by atoms with E-state index in [1.54, 1.807) is 18.7 Å². The summed E-state index contributed by atoms with van der Waals surface area (Å²) in [5, 5.41) is 6.78. The molecule has 1 saturated carbocycles. The van der Waals surface area contributed by atoms with Gasteiger partial charge in [0, 0.05) is 20.7 Å². The molecule has 2 aliphatic rings. The van der Waals surface area contributed by atoms with Crippen LogP contribution >= 0.6 is 0 Å². The van der Waals surface area contributed by atoms with Gasteiger partial charge in [0.2, 0.25) is 5.91 Å². The van der Waals surface area contributed by atoms with Gasteiger partial charge in [0.05, 0.1) is 19.1 Å². The van der Waals surface area contributed by atoms with Gasteiger partial charge in [-0.25, -0.2) is 9.89 Å². The van der Waals surface area contributed by atoms with Gasteiger partial charge in [-0.3, -0.25) is 9.36 Å². The van der Waals surface area contributed by atoms with E-state index in [1.165, 1.54) is 12.8 Å². The topological polar surface area (TPSA) is 80.2 Å². The van der Waals surface area contributed by atoms with Crippen LogP contribution in [0.25, 0.3) is 0 Å². The highest BCUT2D eigenvalue weighted by molar-refractivity contribution is 5.79. The fraction of sp³-hybridized carbons (Fsp3) is 0.550. The molecule has 1 amide bonds. The third-order valence-corrected chi connectivity index (χ3v) is 5.83. The highest BCUT2D eigenvalue weighted by Crippen LogP contribution is 2.49. The van der Waals surface area contributed by atoms with Crippen molar-refractivity contribution >= 4 is 5.91 Å². The Kier molecular flexibility index (Phi) is 4.86. The van der Waals surface area contributed by atoms with Crippen molar-refractivity contribution < 1.29 is 9.53 Å². The maximum Gasteiger partial charge on any atom is 0.343 e. The second-order valence-corrected chi connectivity index (χ2v) is 7.70. The molecule has 27 heavy (non-hydrogen) atoms. The van der Waals surface area contributed by atoms with Crippen LogP contribution in [-0.4, -0.2) is 39.2 Å². The van der Waals surface area contributed by atoms with Crippen molar-refractivity contribution in [2.24, 2.45) is 18.9 Å². The minimum Gasteiger partial charge on any atom is -0.380 e. The largest absolute Gasteiger partial charge is 0.380 e. The van der Waals surface area contributed by atoms with E-state index in [2.05, 4.69) is 10.2 Å². The maximum atomic E-state index is 13.1. The van der Waals surface area contributed by atoms with E-state index in [0.29, 0.717) is 30.7 Å². The standard InChI is InChI=1S/C20H26N4O3/c1-23-19(21-22-20(23)26)18-16(15-6-7-15)8-9-24(18)17(25)11-13-4-3-5-14(10-13)12-27-2/h3-5,10,15-16,18H,6-9,11-12H2,1-2H3,(H,22,26). The number of carbonyl (C=O) groups is 1. The van der Waals surface area contributed by atoms with E-state index in [4.69, 9.17) is 4.74 Å². The summed E-state index contributed by atoms with van der Waals surface area (Å²) in [5.74, 6) is 1.80. The molecular formula is C20H26N4O3. The Morgan fingerprint density at radius 3 is 2.74 bits per heavy atom. The first-order valence-corrected chi connectivity index (χ1v) is 9.56. The molecule has 1 aromatic heterocycles. The Morgan fingerprint density at radius 1 is 1.30 bits per heavy atom. The average Bonchev–Trinajstić information content (AvgIpc) is 3.32. The van der Waals surface area contributed by atoms with Crippen LogP contribution in [0.3, 0.4) is 0 Å². The number of aromatic nitrogens is 3. The summed E-state index contributed by atoms with van der Waals surface area (Å²) in [4.78, 5) is 27.0. The molecule has 0 bridgehead atoms. The fourth-order valence-electron chi connectivity index (χ4n) is 4.34. The number of methoxy groups -OCH3 is 1. The minimum absolute atomic E-state index is 0.0909. The molecule has 1 aliphatic heterocycles. The van der Waals surface area contributed by atoms with Crippen LogP contribution < -0.4 is 5.69 Å². The molecule has 1 N–H and O–H groups in total. The van der Waals surface area contributed by atoms with Crippen LogP contribution in [0, 0.1) is 11.8 Å². The first kappa shape index (κ1) is 18.0. The van der Waals surface area contributed by atoms with Crippen LogP contribution in [0.2, 0.25) is 0 Å². The first-order valence-electron chi connectivity index (χ1n) is 9.56. The Hall–Kier alpha value is -2.41. The van der Waals surface area contributed by atoms with Gasteiger partial charge in [-0.2, -0.15) is 5.10 Å². The molecule has 144 valence electrons. The molecule has 0 spiro atoms. The van der Waals surface area contributed by atoms with E-state index in [9.17, 15) is 9.59 Å². The number of hydrogen-bond acceptors (Lipinski definition) is 4. The van der Waals surface area contributed by atoms with E-state index >= 15 is 0 Å². The summed E-state index contributed by atoms with van der Waals surface area (Å²) in [6, 6.07) is 7.85. The van der Waals surface area contributed by atoms with Crippen molar-refractivity contribution in [3.63, 3.8) is 0 Å². The fourth-order valence-corrected chi connectivity index (χ4v) is 4.34. The molecule has 7 nitrogen and oxygen atoms in total. The van der Waals surface area contributed by atoms with Crippen LogP contribution in [0.4, 0.5) is 0 Å². The number of likely N-dealkylation sites (tertiary alicyclic amines) is 1. The normalized spacial score (nSPS) is 22.4. The van der Waals surface area contributed by atoms with Crippen molar-refractivity contribution in [3.05, 3.63) is 51.7 Å². The van der Waals surface area contributed by atoms with Gasteiger partial charge in [-0.05, 0) is 42.2 Å². The van der Waals surface area contributed by atoms with E-state index < -0.39 is 0 Å². The number of nitrogens with one attached hydrogen (secondary N) is 1. The maximum absolute atomic E-state index is 13.1. The Balaban J connectivity index is 1.57. The lowest BCUT2D eigenvalue weighted by atomic mass is 9.94. The van der Waals surface area contributed by atoms with Gasteiger partial charge in [-0.1, -0.05) is 24.3 Å². The predicted octanol–water partition coefficient (Wildman–Crippen LogP) is 1.80. The minimum atomic E-state index is -0.230. The van der Waals surface area contributed by atoms with Crippen molar-refractivity contribution in [3.8, 4) is 0 Å². The third-order valence-electron chi connectivity index (χ3n) is 5.83. The van der Waals surface area contributed by atoms with Crippen molar-refractivity contribution in [2.45, 2.75) is 38.3 Å². The lowest BCUT2D eigenvalue weighted by Gasteiger charge is -2.27. The average molecular weight is 370 g/mol.